The summed E-state index contributed by atoms with van der Waals surface area (Å²) in [5.41, 5.74) is 1.47. The predicted octanol–water partition coefficient (Wildman–Crippen LogP) is 4.57. The second kappa shape index (κ2) is 6.16. The van der Waals surface area contributed by atoms with E-state index in [1.807, 2.05) is 48.5 Å². The van der Waals surface area contributed by atoms with Gasteiger partial charge in [-0.1, -0.05) is 36.4 Å². The number of benzene rings is 2. The van der Waals surface area contributed by atoms with Crippen molar-refractivity contribution in [1.82, 2.24) is 0 Å². The number of hydrogen-bond donors (Lipinski definition) is 0. The summed E-state index contributed by atoms with van der Waals surface area (Å²) in [5, 5.41) is 0. The number of ether oxygens (including phenoxy) is 1. The molecule has 0 saturated heterocycles. The van der Waals surface area contributed by atoms with E-state index >= 15 is 0 Å². The average Bonchev–Trinajstić information content (AvgIpc) is 2.37. The Morgan fingerprint density at radius 1 is 0.944 bits per heavy atom. The molecule has 2 rings (SSSR count). The molecule has 0 heterocycles. The molecule has 0 unspecified atom stereocenters. The first-order valence-electron chi connectivity index (χ1n) is 5.33. The average molecular weight is 370 g/mol. The van der Waals surface area contributed by atoms with Gasteiger partial charge in [0, 0.05) is 8.95 Å². The van der Waals surface area contributed by atoms with Crippen LogP contribution in [0.1, 0.15) is 15.9 Å². The molecule has 0 aromatic heterocycles. The predicted molar refractivity (Wildman–Crippen MR) is 77.4 cm³/mol. The third-order valence-electron chi connectivity index (χ3n) is 2.38. The van der Waals surface area contributed by atoms with E-state index in [1.165, 1.54) is 0 Å². The Morgan fingerprint density at radius 3 is 2.17 bits per heavy atom. The summed E-state index contributed by atoms with van der Waals surface area (Å²) >= 11 is 6.69. The van der Waals surface area contributed by atoms with E-state index in [0.717, 1.165) is 14.5 Å². The molecule has 0 fully saturated rings. The zero-order valence-electron chi connectivity index (χ0n) is 9.40. The van der Waals surface area contributed by atoms with Gasteiger partial charge in [0.1, 0.15) is 6.61 Å². The minimum Gasteiger partial charge on any atom is -0.457 e. The highest BCUT2D eigenvalue weighted by Crippen LogP contribution is 2.26. The molecule has 0 radical (unpaired) electrons. The summed E-state index contributed by atoms with van der Waals surface area (Å²) in [7, 11) is 0. The Balaban J connectivity index is 2.09. The van der Waals surface area contributed by atoms with E-state index in [9.17, 15) is 4.79 Å². The third-order valence-corrected chi connectivity index (χ3v) is 3.70. The van der Waals surface area contributed by atoms with Gasteiger partial charge in [0.2, 0.25) is 0 Å². The van der Waals surface area contributed by atoms with Crippen molar-refractivity contribution in [3.63, 3.8) is 0 Å². The van der Waals surface area contributed by atoms with Gasteiger partial charge in [-0.15, -0.1) is 0 Å². The molecule has 92 valence electrons. The quantitative estimate of drug-likeness (QED) is 0.741. The van der Waals surface area contributed by atoms with Crippen LogP contribution in [0.2, 0.25) is 0 Å². The molecular formula is C14H10Br2O2. The van der Waals surface area contributed by atoms with Crippen molar-refractivity contribution in [2.75, 3.05) is 0 Å². The van der Waals surface area contributed by atoms with Gasteiger partial charge in [-0.3, -0.25) is 0 Å². The molecule has 18 heavy (non-hydrogen) atoms. The molecule has 2 nitrogen and oxygen atoms in total. The molecule has 0 atom stereocenters. The fourth-order valence-electron chi connectivity index (χ4n) is 1.49. The fraction of sp³-hybridized carbons (Fsp3) is 0.0714. The van der Waals surface area contributed by atoms with Crippen molar-refractivity contribution < 1.29 is 9.53 Å². The van der Waals surface area contributed by atoms with Crippen molar-refractivity contribution in [2.24, 2.45) is 0 Å². The van der Waals surface area contributed by atoms with Crippen molar-refractivity contribution in [1.29, 1.82) is 0 Å². The summed E-state index contributed by atoms with van der Waals surface area (Å²) in [6.07, 6.45) is 0. The maximum Gasteiger partial charge on any atom is 0.340 e. The first-order valence-corrected chi connectivity index (χ1v) is 6.92. The summed E-state index contributed by atoms with van der Waals surface area (Å²) < 4.78 is 6.71. The summed E-state index contributed by atoms with van der Waals surface area (Å²) in [6.45, 7) is 0.271. The van der Waals surface area contributed by atoms with Gasteiger partial charge in [0.15, 0.2) is 0 Å². The van der Waals surface area contributed by atoms with Gasteiger partial charge in [-0.2, -0.15) is 0 Å². The summed E-state index contributed by atoms with van der Waals surface area (Å²) in [5.74, 6) is -0.349. The molecule has 0 aliphatic rings. The van der Waals surface area contributed by atoms with Gasteiger partial charge in [-0.05, 0) is 49.6 Å². The standard InChI is InChI=1S/C14H10Br2O2/c15-11-7-4-8-12(16)13(11)14(17)18-9-10-5-2-1-3-6-10/h1-8H,9H2. The van der Waals surface area contributed by atoms with Crippen LogP contribution < -0.4 is 0 Å². The maximum atomic E-state index is 12.0. The van der Waals surface area contributed by atoms with E-state index in [4.69, 9.17) is 4.74 Å². The van der Waals surface area contributed by atoms with Crippen LogP contribution in [0.15, 0.2) is 57.5 Å². The Morgan fingerprint density at radius 2 is 1.56 bits per heavy atom. The van der Waals surface area contributed by atoms with E-state index in [-0.39, 0.29) is 12.6 Å². The fourth-order valence-corrected chi connectivity index (χ4v) is 2.81. The molecule has 0 N–H and O–H groups in total. The normalized spacial score (nSPS) is 10.1. The van der Waals surface area contributed by atoms with Crippen LogP contribution in [0.3, 0.4) is 0 Å². The lowest BCUT2D eigenvalue weighted by molar-refractivity contribution is 0.0470. The molecule has 0 saturated carbocycles. The van der Waals surface area contributed by atoms with Gasteiger partial charge < -0.3 is 4.74 Å². The Bertz CT molecular complexity index is 533. The monoisotopic (exact) mass is 368 g/mol. The van der Waals surface area contributed by atoms with Crippen LogP contribution >= 0.6 is 31.9 Å². The van der Waals surface area contributed by atoms with Crippen LogP contribution in [0.4, 0.5) is 0 Å². The van der Waals surface area contributed by atoms with Crippen LogP contribution in [0.25, 0.3) is 0 Å². The minimum atomic E-state index is -0.349. The second-order valence-electron chi connectivity index (χ2n) is 3.66. The number of carbonyl (C=O) groups is 1. The zero-order chi connectivity index (χ0) is 13.0. The zero-order valence-corrected chi connectivity index (χ0v) is 12.6. The second-order valence-corrected chi connectivity index (χ2v) is 5.37. The Kier molecular flexibility index (Phi) is 4.55. The third kappa shape index (κ3) is 3.21. The SMILES string of the molecule is O=C(OCc1ccccc1)c1c(Br)cccc1Br. The molecule has 0 spiro atoms. The first-order chi connectivity index (χ1) is 8.68. The highest BCUT2D eigenvalue weighted by atomic mass is 79.9. The Labute approximate surface area is 122 Å². The van der Waals surface area contributed by atoms with Gasteiger partial charge >= 0.3 is 5.97 Å². The number of carbonyl (C=O) groups excluding carboxylic acids is 1. The van der Waals surface area contributed by atoms with E-state index in [2.05, 4.69) is 31.9 Å². The number of rotatable bonds is 3. The molecule has 0 aliphatic carbocycles. The Hall–Kier alpha value is -1.13. The van der Waals surface area contributed by atoms with Gasteiger partial charge in [-0.25, -0.2) is 4.79 Å². The van der Waals surface area contributed by atoms with Crippen LogP contribution in [-0.4, -0.2) is 5.97 Å². The van der Waals surface area contributed by atoms with Crippen molar-refractivity contribution in [3.8, 4) is 0 Å². The topological polar surface area (TPSA) is 26.3 Å². The first kappa shape index (κ1) is 13.3. The largest absolute Gasteiger partial charge is 0.457 e. The maximum absolute atomic E-state index is 12.0. The van der Waals surface area contributed by atoms with Crippen molar-refractivity contribution in [3.05, 3.63) is 68.6 Å². The van der Waals surface area contributed by atoms with Crippen LogP contribution in [0.5, 0.6) is 0 Å². The molecule has 2 aromatic rings. The van der Waals surface area contributed by atoms with E-state index in [1.54, 1.807) is 0 Å². The molecule has 0 aliphatic heterocycles. The summed E-state index contributed by atoms with van der Waals surface area (Å²) in [4.78, 5) is 12.0. The van der Waals surface area contributed by atoms with Crippen LogP contribution in [-0.2, 0) is 11.3 Å². The summed E-state index contributed by atoms with van der Waals surface area (Å²) in [6, 6.07) is 15.1. The minimum absolute atomic E-state index is 0.271. The number of hydrogen-bond acceptors (Lipinski definition) is 2. The van der Waals surface area contributed by atoms with E-state index < -0.39 is 0 Å². The number of halogens is 2. The molecule has 0 amide bonds. The number of esters is 1. The lowest BCUT2D eigenvalue weighted by Crippen LogP contribution is -2.07. The van der Waals surface area contributed by atoms with Crippen molar-refractivity contribution >= 4 is 37.8 Å². The molecule has 2 aromatic carbocycles. The molecular weight excluding hydrogens is 360 g/mol. The van der Waals surface area contributed by atoms with Gasteiger partial charge in [0.25, 0.3) is 0 Å². The highest BCUT2D eigenvalue weighted by Gasteiger charge is 2.15. The highest BCUT2D eigenvalue weighted by molar-refractivity contribution is 9.11. The molecule has 4 heteroatoms. The van der Waals surface area contributed by atoms with Crippen molar-refractivity contribution in [2.45, 2.75) is 6.61 Å². The van der Waals surface area contributed by atoms with E-state index in [0.29, 0.717) is 5.56 Å². The lowest BCUT2D eigenvalue weighted by Gasteiger charge is -2.08. The van der Waals surface area contributed by atoms with Gasteiger partial charge in [0.05, 0.1) is 5.56 Å². The van der Waals surface area contributed by atoms with Crippen LogP contribution in [0, 0.1) is 0 Å². The lowest BCUT2D eigenvalue weighted by atomic mass is 10.2. The smallest absolute Gasteiger partial charge is 0.340 e. The molecule has 0 bridgehead atoms.